The molecule has 0 radical (unpaired) electrons. The minimum atomic E-state index is -0.273. The number of para-hydroxylation sites is 2. The third-order valence-corrected chi connectivity index (χ3v) is 3.74. The topological polar surface area (TPSA) is 72.7 Å². The predicted octanol–water partition coefficient (Wildman–Crippen LogP) is 3.11. The first kappa shape index (κ1) is 15.1. The summed E-state index contributed by atoms with van der Waals surface area (Å²) in [6, 6.07) is 7.48. The molecule has 0 spiro atoms. The molecular weight excluding hydrogens is 290 g/mol. The zero-order valence-electron chi connectivity index (χ0n) is 13.5. The zero-order chi connectivity index (χ0) is 16.4. The van der Waals surface area contributed by atoms with E-state index in [0.29, 0.717) is 11.2 Å². The van der Waals surface area contributed by atoms with Gasteiger partial charge in [0.15, 0.2) is 0 Å². The Bertz CT molecular complexity index is 869. The Hall–Kier alpha value is -2.76. The highest BCUT2D eigenvalue weighted by Crippen LogP contribution is 2.20. The number of hydrogen-bond donors (Lipinski definition) is 1. The lowest BCUT2D eigenvalue weighted by Gasteiger charge is -2.06. The van der Waals surface area contributed by atoms with Crippen LogP contribution < -0.4 is 5.32 Å². The lowest BCUT2D eigenvalue weighted by atomic mass is 10.2. The largest absolute Gasteiger partial charge is 0.317 e. The molecule has 0 aliphatic heterocycles. The minimum Gasteiger partial charge on any atom is -0.317 e. The van der Waals surface area contributed by atoms with Gasteiger partial charge in [-0.1, -0.05) is 19.1 Å². The van der Waals surface area contributed by atoms with Crippen LogP contribution in [0.15, 0.2) is 30.5 Å². The molecule has 0 aliphatic carbocycles. The monoisotopic (exact) mass is 309 g/mol. The molecule has 1 amide bonds. The second kappa shape index (κ2) is 6.16. The van der Waals surface area contributed by atoms with Crippen LogP contribution in [0.5, 0.6) is 0 Å². The standard InChI is InChI=1S/C17H19N5O/c1-4-9-22-12(3)16(11(2)21-22)20-17(23)15-10-18-13-7-5-6-8-14(13)19-15/h5-8,10H,4,9H2,1-3H3,(H,20,23). The van der Waals surface area contributed by atoms with E-state index in [0.717, 1.165) is 35.6 Å². The fraction of sp³-hybridized carbons (Fsp3) is 0.294. The average Bonchev–Trinajstić information content (AvgIpc) is 2.82. The maximum atomic E-state index is 12.5. The molecule has 1 N–H and O–H groups in total. The highest BCUT2D eigenvalue weighted by molar-refractivity contribution is 6.04. The lowest BCUT2D eigenvalue weighted by Crippen LogP contribution is -2.15. The summed E-state index contributed by atoms with van der Waals surface area (Å²) in [5.41, 5.74) is 4.27. The summed E-state index contributed by atoms with van der Waals surface area (Å²) in [5.74, 6) is -0.273. The molecule has 3 rings (SSSR count). The zero-order valence-corrected chi connectivity index (χ0v) is 13.5. The van der Waals surface area contributed by atoms with Crippen molar-refractivity contribution in [2.75, 3.05) is 5.32 Å². The van der Waals surface area contributed by atoms with Crippen LogP contribution in [0.2, 0.25) is 0 Å². The maximum Gasteiger partial charge on any atom is 0.275 e. The number of fused-ring (bicyclic) bond motifs is 1. The molecule has 6 heteroatoms. The van der Waals surface area contributed by atoms with Gasteiger partial charge in [-0.25, -0.2) is 4.98 Å². The highest BCUT2D eigenvalue weighted by Gasteiger charge is 2.16. The SMILES string of the molecule is CCCn1nc(C)c(NC(=O)c2cnc3ccccc3n2)c1C. The number of benzene rings is 1. The molecule has 2 aromatic heterocycles. The van der Waals surface area contributed by atoms with Crippen molar-refractivity contribution in [1.29, 1.82) is 0 Å². The fourth-order valence-electron chi connectivity index (χ4n) is 2.55. The first-order valence-electron chi connectivity index (χ1n) is 7.67. The fourth-order valence-corrected chi connectivity index (χ4v) is 2.55. The molecule has 118 valence electrons. The van der Waals surface area contributed by atoms with E-state index in [-0.39, 0.29) is 5.91 Å². The number of nitrogens with one attached hydrogen (secondary N) is 1. The van der Waals surface area contributed by atoms with E-state index in [1.54, 1.807) is 0 Å². The maximum absolute atomic E-state index is 12.5. The Balaban J connectivity index is 1.88. The van der Waals surface area contributed by atoms with Gasteiger partial charge in [-0.3, -0.25) is 14.5 Å². The van der Waals surface area contributed by atoms with Crippen LogP contribution >= 0.6 is 0 Å². The van der Waals surface area contributed by atoms with Gasteiger partial charge in [0.2, 0.25) is 0 Å². The Morgan fingerprint density at radius 2 is 1.96 bits per heavy atom. The average molecular weight is 309 g/mol. The van der Waals surface area contributed by atoms with Gasteiger partial charge in [0.25, 0.3) is 5.91 Å². The molecule has 0 aliphatic rings. The van der Waals surface area contributed by atoms with E-state index in [9.17, 15) is 4.79 Å². The molecule has 0 atom stereocenters. The van der Waals surface area contributed by atoms with Crippen molar-refractivity contribution >= 4 is 22.6 Å². The highest BCUT2D eigenvalue weighted by atomic mass is 16.1. The number of hydrogen-bond acceptors (Lipinski definition) is 4. The number of amides is 1. The molecule has 0 saturated carbocycles. The molecule has 0 saturated heterocycles. The molecule has 1 aromatic carbocycles. The van der Waals surface area contributed by atoms with Gasteiger partial charge in [0.05, 0.1) is 34.3 Å². The van der Waals surface area contributed by atoms with Crippen LogP contribution in [0.25, 0.3) is 11.0 Å². The molecule has 0 fully saturated rings. The van der Waals surface area contributed by atoms with Gasteiger partial charge >= 0.3 is 0 Å². The summed E-state index contributed by atoms with van der Waals surface area (Å²) in [4.78, 5) is 21.1. The number of aromatic nitrogens is 4. The summed E-state index contributed by atoms with van der Waals surface area (Å²) in [7, 11) is 0. The van der Waals surface area contributed by atoms with Gasteiger partial charge in [-0.05, 0) is 32.4 Å². The minimum absolute atomic E-state index is 0.273. The molecule has 0 bridgehead atoms. The summed E-state index contributed by atoms with van der Waals surface area (Å²) >= 11 is 0. The number of nitrogens with zero attached hydrogens (tertiary/aromatic N) is 4. The second-order valence-electron chi connectivity index (χ2n) is 5.47. The molecule has 0 unspecified atom stereocenters. The van der Waals surface area contributed by atoms with Crippen molar-refractivity contribution in [3.05, 3.63) is 47.5 Å². The Morgan fingerprint density at radius 3 is 2.70 bits per heavy atom. The molecule has 23 heavy (non-hydrogen) atoms. The van der Waals surface area contributed by atoms with Crippen LogP contribution in [-0.4, -0.2) is 25.7 Å². The first-order valence-corrected chi connectivity index (χ1v) is 7.67. The van der Waals surface area contributed by atoms with E-state index in [1.165, 1.54) is 6.20 Å². The van der Waals surface area contributed by atoms with Crippen molar-refractivity contribution < 1.29 is 4.79 Å². The second-order valence-corrected chi connectivity index (χ2v) is 5.47. The Labute approximate surface area is 134 Å². The van der Waals surface area contributed by atoms with Crippen LogP contribution in [0.1, 0.15) is 35.2 Å². The smallest absolute Gasteiger partial charge is 0.275 e. The third-order valence-electron chi connectivity index (χ3n) is 3.74. The third kappa shape index (κ3) is 2.92. The Morgan fingerprint density at radius 1 is 1.22 bits per heavy atom. The predicted molar refractivity (Wildman–Crippen MR) is 89.5 cm³/mol. The van der Waals surface area contributed by atoms with Crippen LogP contribution in [0.4, 0.5) is 5.69 Å². The summed E-state index contributed by atoms with van der Waals surface area (Å²) in [6.07, 6.45) is 2.49. The Kier molecular flexibility index (Phi) is 4.06. The molecule has 2 heterocycles. The van der Waals surface area contributed by atoms with Gasteiger partial charge in [-0.2, -0.15) is 5.10 Å². The van der Waals surface area contributed by atoms with Gasteiger partial charge in [0.1, 0.15) is 5.69 Å². The van der Waals surface area contributed by atoms with Crippen molar-refractivity contribution in [2.24, 2.45) is 0 Å². The summed E-state index contributed by atoms with van der Waals surface area (Å²) in [5, 5.41) is 7.38. The van der Waals surface area contributed by atoms with Crippen molar-refractivity contribution in [1.82, 2.24) is 19.7 Å². The lowest BCUT2D eigenvalue weighted by molar-refractivity contribution is 0.102. The van der Waals surface area contributed by atoms with Crippen LogP contribution in [-0.2, 0) is 6.54 Å². The molecule has 6 nitrogen and oxygen atoms in total. The van der Waals surface area contributed by atoms with Crippen LogP contribution in [0, 0.1) is 13.8 Å². The van der Waals surface area contributed by atoms with Crippen molar-refractivity contribution in [2.45, 2.75) is 33.7 Å². The van der Waals surface area contributed by atoms with Gasteiger partial charge in [0, 0.05) is 6.54 Å². The van der Waals surface area contributed by atoms with E-state index in [2.05, 4.69) is 27.3 Å². The van der Waals surface area contributed by atoms with Gasteiger partial charge < -0.3 is 5.32 Å². The first-order chi connectivity index (χ1) is 11.1. The summed E-state index contributed by atoms with van der Waals surface area (Å²) < 4.78 is 1.91. The molecular formula is C17H19N5O. The number of anilines is 1. The van der Waals surface area contributed by atoms with E-state index < -0.39 is 0 Å². The summed E-state index contributed by atoms with van der Waals surface area (Å²) in [6.45, 7) is 6.77. The number of rotatable bonds is 4. The quantitative estimate of drug-likeness (QED) is 0.803. The number of aryl methyl sites for hydroxylation is 2. The van der Waals surface area contributed by atoms with Crippen molar-refractivity contribution in [3.63, 3.8) is 0 Å². The molecule has 3 aromatic rings. The number of carbonyl (C=O) groups excluding carboxylic acids is 1. The van der Waals surface area contributed by atoms with E-state index >= 15 is 0 Å². The number of carbonyl (C=O) groups is 1. The normalized spacial score (nSPS) is 10.9. The van der Waals surface area contributed by atoms with E-state index in [1.807, 2.05) is 42.8 Å². The van der Waals surface area contributed by atoms with Crippen molar-refractivity contribution in [3.8, 4) is 0 Å². The van der Waals surface area contributed by atoms with Gasteiger partial charge in [-0.15, -0.1) is 0 Å². The van der Waals surface area contributed by atoms with E-state index in [4.69, 9.17) is 0 Å². The van der Waals surface area contributed by atoms with Crippen LogP contribution in [0.3, 0.4) is 0 Å².